The number of carbonyl (C=O) groups excluding carboxylic acids is 3. The molecule has 0 aliphatic rings. The molecule has 0 heterocycles. The standard InChI is InChI=1S/C57H100O6/c1-4-7-10-13-16-19-22-25-27-28-29-30-33-35-38-41-44-47-50-56(59)62-53-54(52-61-55(58)49-46-43-40-37-34-31-24-21-18-15-12-9-6-3)63-57(60)51-48-45-42-39-36-32-26-23-20-17-14-11-8-5-2/h22,25,27-31,34,40,43,54H,4-21,23-24,26,32-33,35-39,41-42,44-53H2,1-3H3/b25-22-,28-27-,30-29-,34-31-,43-40-. The quantitative estimate of drug-likeness (QED) is 0.0199. The molecule has 0 rings (SSSR count). The zero-order valence-electron chi connectivity index (χ0n) is 41.6. The molecule has 6 nitrogen and oxygen atoms in total. The maximum atomic E-state index is 12.8. The van der Waals surface area contributed by atoms with E-state index in [-0.39, 0.29) is 37.5 Å². The molecule has 6 heteroatoms. The number of carbonyl (C=O) groups is 3. The summed E-state index contributed by atoms with van der Waals surface area (Å²) in [5.74, 6) is -0.981. The van der Waals surface area contributed by atoms with Gasteiger partial charge in [0.2, 0.25) is 0 Å². The number of hydrogen-bond donors (Lipinski definition) is 0. The summed E-state index contributed by atoms with van der Waals surface area (Å²) in [5, 5.41) is 0. The Morgan fingerprint density at radius 1 is 0.333 bits per heavy atom. The van der Waals surface area contributed by atoms with Crippen molar-refractivity contribution in [2.75, 3.05) is 13.2 Å². The molecule has 0 spiro atoms. The molecular weight excluding hydrogens is 781 g/mol. The van der Waals surface area contributed by atoms with E-state index in [0.717, 1.165) is 70.6 Å². The van der Waals surface area contributed by atoms with E-state index in [4.69, 9.17) is 14.2 Å². The summed E-state index contributed by atoms with van der Waals surface area (Å²) in [6, 6.07) is 0. The van der Waals surface area contributed by atoms with Crippen molar-refractivity contribution in [3.05, 3.63) is 60.8 Å². The zero-order valence-corrected chi connectivity index (χ0v) is 41.6. The fourth-order valence-electron chi connectivity index (χ4n) is 7.50. The molecule has 1 atom stereocenters. The first-order chi connectivity index (χ1) is 31.0. The highest BCUT2D eigenvalue weighted by atomic mass is 16.6. The molecule has 0 N–H and O–H groups in total. The minimum absolute atomic E-state index is 0.100. The van der Waals surface area contributed by atoms with Crippen LogP contribution in [0.15, 0.2) is 60.8 Å². The topological polar surface area (TPSA) is 78.9 Å². The lowest BCUT2D eigenvalue weighted by Gasteiger charge is -2.18. The third-order valence-corrected chi connectivity index (χ3v) is 11.6. The summed E-state index contributed by atoms with van der Waals surface area (Å²) in [6.07, 6.45) is 63.6. The van der Waals surface area contributed by atoms with E-state index in [9.17, 15) is 14.4 Å². The van der Waals surface area contributed by atoms with Gasteiger partial charge in [-0.2, -0.15) is 0 Å². The molecule has 0 amide bonds. The average molecular weight is 881 g/mol. The van der Waals surface area contributed by atoms with Crippen LogP contribution in [0.1, 0.15) is 265 Å². The lowest BCUT2D eigenvalue weighted by atomic mass is 10.0. The van der Waals surface area contributed by atoms with Crippen molar-refractivity contribution in [3.8, 4) is 0 Å². The van der Waals surface area contributed by atoms with E-state index in [1.54, 1.807) is 0 Å². The van der Waals surface area contributed by atoms with E-state index in [1.807, 2.05) is 6.08 Å². The molecule has 0 aliphatic heterocycles. The Morgan fingerprint density at radius 2 is 0.667 bits per heavy atom. The van der Waals surface area contributed by atoms with Gasteiger partial charge in [-0.25, -0.2) is 0 Å². The van der Waals surface area contributed by atoms with Crippen molar-refractivity contribution in [2.45, 2.75) is 271 Å². The highest BCUT2D eigenvalue weighted by molar-refractivity contribution is 5.71. The molecule has 0 aliphatic carbocycles. The van der Waals surface area contributed by atoms with Gasteiger partial charge in [-0.3, -0.25) is 14.4 Å². The molecule has 0 saturated carbocycles. The van der Waals surface area contributed by atoms with Crippen LogP contribution in [0.25, 0.3) is 0 Å². The monoisotopic (exact) mass is 881 g/mol. The normalized spacial score (nSPS) is 12.5. The Balaban J connectivity index is 4.45. The molecule has 364 valence electrons. The van der Waals surface area contributed by atoms with Gasteiger partial charge in [0.05, 0.1) is 0 Å². The second-order valence-corrected chi connectivity index (χ2v) is 17.8. The maximum Gasteiger partial charge on any atom is 0.306 e. The van der Waals surface area contributed by atoms with Crippen LogP contribution in [0.2, 0.25) is 0 Å². The molecule has 0 fully saturated rings. The fraction of sp³-hybridized carbons (Fsp3) is 0.772. The molecule has 0 bridgehead atoms. The lowest BCUT2D eigenvalue weighted by Crippen LogP contribution is -2.30. The number of ether oxygens (including phenoxy) is 3. The van der Waals surface area contributed by atoms with Crippen LogP contribution in [0.3, 0.4) is 0 Å². The molecule has 0 radical (unpaired) electrons. The van der Waals surface area contributed by atoms with Crippen molar-refractivity contribution in [1.82, 2.24) is 0 Å². The number of unbranched alkanes of at least 4 members (excludes halogenated alkanes) is 29. The van der Waals surface area contributed by atoms with Gasteiger partial charge in [-0.1, -0.05) is 242 Å². The third-order valence-electron chi connectivity index (χ3n) is 11.6. The second kappa shape index (κ2) is 51.7. The molecule has 0 aromatic rings. The Kier molecular flexibility index (Phi) is 49.4. The Labute approximate surface area is 390 Å². The van der Waals surface area contributed by atoms with Gasteiger partial charge in [-0.15, -0.1) is 0 Å². The second-order valence-electron chi connectivity index (χ2n) is 17.8. The van der Waals surface area contributed by atoms with Crippen molar-refractivity contribution >= 4 is 17.9 Å². The predicted octanol–water partition coefficient (Wildman–Crippen LogP) is 17.6. The highest BCUT2D eigenvalue weighted by Crippen LogP contribution is 2.15. The van der Waals surface area contributed by atoms with Gasteiger partial charge >= 0.3 is 17.9 Å². The largest absolute Gasteiger partial charge is 0.462 e. The van der Waals surface area contributed by atoms with Crippen LogP contribution in [-0.2, 0) is 28.6 Å². The maximum absolute atomic E-state index is 12.8. The van der Waals surface area contributed by atoms with E-state index in [1.165, 1.54) is 148 Å². The molecule has 0 saturated heterocycles. The summed E-state index contributed by atoms with van der Waals surface area (Å²) < 4.78 is 16.7. The summed E-state index contributed by atoms with van der Waals surface area (Å²) in [5.41, 5.74) is 0. The predicted molar refractivity (Wildman–Crippen MR) is 270 cm³/mol. The summed E-state index contributed by atoms with van der Waals surface area (Å²) >= 11 is 0. The Hall–Kier alpha value is -2.89. The molecule has 1 unspecified atom stereocenters. The van der Waals surface area contributed by atoms with Gasteiger partial charge in [0.25, 0.3) is 0 Å². The smallest absolute Gasteiger partial charge is 0.306 e. The van der Waals surface area contributed by atoms with Gasteiger partial charge in [-0.05, 0) is 64.2 Å². The van der Waals surface area contributed by atoms with E-state index in [0.29, 0.717) is 19.3 Å². The molecule has 0 aromatic carbocycles. The molecule has 0 aromatic heterocycles. The van der Waals surface area contributed by atoms with Crippen molar-refractivity contribution in [2.24, 2.45) is 0 Å². The van der Waals surface area contributed by atoms with Crippen LogP contribution >= 0.6 is 0 Å². The van der Waals surface area contributed by atoms with Crippen LogP contribution in [0.4, 0.5) is 0 Å². The van der Waals surface area contributed by atoms with Crippen LogP contribution in [0, 0.1) is 0 Å². The number of allylic oxidation sites excluding steroid dienone is 10. The first kappa shape index (κ1) is 60.1. The van der Waals surface area contributed by atoms with Crippen LogP contribution in [0.5, 0.6) is 0 Å². The fourth-order valence-corrected chi connectivity index (χ4v) is 7.50. The van der Waals surface area contributed by atoms with Gasteiger partial charge in [0, 0.05) is 19.3 Å². The summed E-state index contributed by atoms with van der Waals surface area (Å²) in [4.78, 5) is 38.0. The minimum Gasteiger partial charge on any atom is -0.462 e. The van der Waals surface area contributed by atoms with E-state index < -0.39 is 6.10 Å². The molecular formula is C57H100O6. The summed E-state index contributed by atoms with van der Waals surface area (Å²) in [6.45, 7) is 6.56. The van der Waals surface area contributed by atoms with Crippen LogP contribution < -0.4 is 0 Å². The van der Waals surface area contributed by atoms with Gasteiger partial charge < -0.3 is 14.2 Å². The Morgan fingerprint density at radius 3 is 1.10 bits per heavy atom. The number of rotatable bonds is 48. The van der Waals surface area contributed by atoms with Gasteiger partial charge in [0.15, 0.2) is 6.10 Å². The van der Waals surface area contributed by atoms with E-state index >= 15 is 0 Å². The summed E-state index contributed by atoms with van der Waals surface area (Å²) in [7, 11) is 0. The van der Waals surface area contributed by atoms with Crippen LogP contribution in [-0.4, -0.2) is 37.2 Å². The van der Waals surface area contributed by atoms with Crippen molar-refractivity contribution in [1.29, 1.82) is 0 Å². The number of hydrogen-bond acceptors (Lipinski definition) is 6. The first-order valence-electron chi connectivity index (χ1n) is 26.8. The van der Waals surface area contributed by atoms with Gasteiger partial charge in [0.1, 0.15) is 13.2 Å². The SMILES string of the molecule is CCCCCCC\C=C/C=C\C=C/CCCCCCCC(=O)OCC(COC(=O)CC/C=C\C/C=C\CCCCCCCC)OC(=O)CCCCCCCCCCCCCCCC. The Bertz CT molecular complexity index is 1150. The first-order valence-corrected chi connectivity index (χ1v) is 26.8. The van der Waals surface area contributed by atoms with Crippen molar-refractivity contribution < 1.29 is 28.6 Å². The zero-order chi connectivity index (χ0) is 45.8. The minimum atomic E-state index is -0.802. The highest BCUT2D eigenvalue weighted by Gasteiger charge is 2.19. The molecule has 63 heavy (non-hydrogen) atoms. The number of esters is 3. The van der Waals surface area contributed by atoms with Crippen molar-refractivity contribution in [3.63, 3.8) is 0 Å². The van der Waals surface area contributed by atoms with E-state index in [2.05, 4.69) is 75.5 Å². The average Bonchev–Trinajstić information content (AvgIpc) is 3.28. The lowest BCUT2D eigenvalue weighted by molar-refractivity contribution is -0.166. The third kappa shape index (κ3) is 50.0.